The number of benzene rings is 3. The summed E-state index contributed by atoms with van der Waals surface area (Å²) < 4.78 is 6.18. The third-order valence-corrected chi connectivity index (χ3v) is 6.75. The van der Waals surface area contributed by atoms with Crippen molar-refractivity contribution in [2.24, 2.45) is 0 Å². The fraction of sp³-hybridized carbons (Fsp3) is 0.120. The van der Waals surface area contributed by atoms with Crippen molar-refractivity contribution in [2.75, 3.05) is 5.32 Å². The van der Waals surface area contributed by atoms with Gasteiger partial charge in [0.2, 0.25) is 11.7 Å². The molecule has 1 unspecified atom stereocenters. The summed E-state index contributed by atoms with van der Waals surface area (Å²) in [6.45, 7) is 2.66. The van der Waals surface area contributed by atoms with E-state index < -0.39 is 7.12 Å². The molecule has 164 valence electrons. The first-order valence-electron chi connectivity index (χ1n) is 10.7. The van der Waals surface area contributed by atoms with Crippen molar-refractivity contribution in [2.45, 2.75) is 19.4 Å². The highest BCUT2D eigenvalue weighted by Gasteiger charge is 2.19. The van der Waals surface area contributed by atoms with Gasteiger partial charge in [-0.15, -0.1) is 11.3 Å². The lowest BCUT2D eigenvalue weighted by Gasteiger charge is -2.10. The molecule has 0 spiro atoms. The van der Waals surface area contributed by atoms with Crippen LogP contribution in [-0.4, -0.2) is 27.3 Å². The van der Waals surface area contributed by atoms with Crippen LogP contribution < -0.4 is 10.1 Å². The van der Waals surface area contributed by atoms with Crippen LogP contribution >= 0.6 is 11.3 Å². The van der Waals surface area contributed by atoms with Crippen LogP contribution in [0.4, 0.5) is 5.69 Å². The highest BCUT2D eigenvalue weighted by molar-refractivity contribution is 7.22. The molecule has 3 aromatic carbocycles. The molecule has 2 aromatic heterocycles. The summed E-state index contributed by atoms with van der Waals surface area (Å²) in [5.41, 5.74) is 2.93. The van der Waals surface area contributed by atoms with Crippen LogP contribution in [-0.2, 0) is 6.54 Å². The van der Waals surface area contributed by atoms with E-state index >= 15 is 0 Å². The second kappa shape index (κ2) is 9.19. The highest BCUT2D eigenvalue weighted by atomic mass is 32.1. The van der Waals surface area contributed by atoms with Crippen molar-refractivity contribution in [3.05, 3.63) is 95.2 Å². The van der Waals surface area contributed by atoms with Crippen molar-refractivity contribution in [1.29, 1.82) is 0 Å². The number of thiophene rings is 1. The Hall–Kier alpha value is -3.46. The van der Waals surface area contributed by atoms with Crippen molar-refractivity contribution in [1.82, 2.24) is 10.1 Å². The predicted octanol–water partition coefficient (Wildman–Crippen LogP) is 4.40. The molecule has 0 aliphatic heterocycles. The maximum Gasteiger partial charge on any atom is 0.499 e. The molecule has 0 saturated carbocycles. The molecule has 1 atom stereocenters. The summed E-state index contributed by atoms with van der Waals surface area (Å²) in [4.78, 5) is 5.70. The van der Waals surface area contributed by atoms with Crippen molar-refractivity contribution < 1.29 is 14.6 Å². The van der Waals surface area contributed by atoms with Gasteiger partial charge in [-0.1, -0.05) is 65.8 Å². The van der Waals surface area contributed by atoms with Crippen molar-refractivity contribution in [3.8, 4) is 11.4 Å². The van der Waals surface area contributed by atoms with E-state index in [1.807, 2.05) is 42.5 Å². The number of aromatic nitrogens is 2. The van der Waals surface area contributed by atoms with E-state index in [2.05, 4.69) is 52.7 Å². The van der Waals surface area contributed by atoms with Crippen LogP contribution in [0.25, 0.3) is 22.2 Å². The van der Waals surface area contributed by atoms with Crippen molar-refractivity contribution in [3.63, 3.8) is 0 Å². The van der Waals surface area contributed by atoms with E-state index in [4.69, 9.17) is 4.52 Å². The zero-order valence-electron chi connectivity index (χ0n) is 18.0. The number of hydrogen-bond donors (Lipinski definition) is 3. The molecule has 0 fully saturated rings. The highest BCUT2D eigenvalue weighted by Crippen LogP contribution is 2.31. The fourth-order valence-electron chi connectivity index (χ4n) is 3.88. The number of hydrogen-bond acceptors (Lipinski definition) is 7. The molecule has 0 aliphatic carbocycles. The molecule has 2 heterocycles. The molecule has 0 bridgehead atoms. The van der Waals surface area contributed by atoms with Gasteiger partial charge < -0.3 is 19.9 Å². The summed E-state index contributed by atoms with van der Waals surface area (Å²) in [7, 11) is -1.43. The van der Waals surface area contributed by atoms with Crippen LogP contribution in [0.15, 0.2) is 83.4 Å². The summed E-state index contributed by atoms with van der Waals surface area (Å²) in [5.74, 6) is 1.09. The number of fused-ring (bicyclic) bond motifs is 1. The quantitative estimate of drug-likeness (QED) is 0.315. The lowest BCUT2D eigenvalue weighted by Crippen LogP contribution is -2.26. The second-order valence-electron chi connectivity index (χ2n) is 7.86. The molecular weight excluding hydrogens is 433 g/mol. The Balaban J connectivity index is 1.34. The number of rotatable bonds is 7. The standard InChI is InChI=1S/C25H22BN3O3S/c1-16(21-11-5-7-17-6-2-3-10-22(17)21)25-28-24(29-32-25)18-8-4-9-19(14-18)27-15-20-12-13-23(33-20)26(30)31/h2-14,16,27,30-31H,15H2,1H3. The van der Waals surface area contributed by atoms with Gasteiger partial charge in [0.15, 0.2) is 0 Å². The smallest absolute Gasteiger partial charge is 0.423 e. The molecule has 3 N–H and O–H groups in total. The largest absolute Gasteiger partial charge is 0.499 e. The Bertz CT molecular complexity index is 1390. The monoisotopic (exact) mass is 455 g/mol. The average Bonchev–Trinajstić information content (AvgIpc) is 3.52. The van der Waals surface area contributed by atoms with Gasteiger partial charge in [-0.25, -0.2) is 0 Å². The van der Waals surface area contributed by atoms with Crippen LogP contribution in [0.5, 0.6) is 0 Å². The minimum atomic E-state index is -1.43. The number of nitrogens with one attached hydrogen (secondary N) is 1. The van der Waals surface area contributed by atoms with Crippen LogP contribution in [0.3, 0.4) is 0 Å². The summed E-state index contributed by atoms with van der Waals surface area (Å²) >= 11 is 1.36. The maximum absolute atomic E-state index is 9.27. The normalized spacial score (nSPS) is 12.1. The van der Waals surface area contributed by atoms with Gasteiger partial charge in [-0.3, -0.25) is 0 Å². The van der Waals surface area contributed by atoms with E-state index in [1.54, 1.807) is 6.07 Å². The molecule has 6 nitrogen and oxygen atoms in total. The lowest BCUT2D eigenvalue weighted by molar-refractivity contribution is 0.371. The zero-order valence-corrected chi connectivity index (χ0v) is 18.8. The topological polar surface area (TPSA) is 91.4 Å². The third kappa shape index (κ3) is 4.54. The van der Waals surface area contributed by atoms with Crippen LogP contribution in [0.1, 0.15) is 29.2 Å². The number of nitrogens with zero attached hydrogens (tertiary/aromatic N) is 2. The SMILES string of the molecule is CC(c1nc(-c2cccc(NCc3ccc(B(O)O)s3)c2)no1)c1cccc2ccccc12. The molecule has 8 heteroatoms. The lowest BCUT2D eigenvalue weighted by atomic mass is 9.90. The van der Waals surface area contributed by atoms with E-state index in [1.165, 1.54) is 22.1 Å². The fourth-order valence-corrected chi connectivity index (χ4v) is 4.70. The van der Waals surface area contributed by atoms with E-state index in [0.717, 1.165) is 21.7 Å². The first-order valence-corrected chi connectivity index (χ1v) is 11.5. The Morgan fingerprint density at radius 1 is 1.00 bits per heavy atom. The Kier molecular flexibility index (Phi) is 5.96. The van der Waals surface area contributed by atoms with Gasteiger partial charge in [-0.2, -0.15) is 4.98 Å². The number of anilines is 1. The first-order chi connectivity index (χ1) is 16.1. The average molecular weight is 455 g/mol. The van der Waals surface area contributed by atoms with Gasteiger partial charge in [0.25, 0.3) is 0 Å². The van der Waals surface area contributed by atoms with E-state index in [0.29, 0.717) is 23.0 Å². The molecule has 0 radical (unpaired) electrons. The van der Waals surface area contributed by atoms with E-state index in [9.17, 15) is 10.0 Å². The second-order valence-corrected chi connectivity index (χ2v) is 9.06. The molecule has 0 amide bonds. The van der Waals surface area contributed by atoms with Gasteiger partial charge in [0.1, 0.15) is 0 Å². The third-order valence-electron chi connectivity index (χ3n) is 5.63. The van der Waals surface area contributed by atoms with Gasteiger partial charge in [0.05, 0.1) is 5.92 Å². The van der Waals surface area contributed by atoms with Gasteiger partial charge >= 0.3 is 7.12 Å². The molecule has 0 saturated heterocycles. The summed E-state index contributed by atoms with van der Waals surface area (Å²) in [6.07, 6.45) is 0. The van der Waals surface area contributed by atoms with Gasteiger partial charge in [-0.05, 0) is 41.5 Å². The first kappa shape index (κ1) is 21.4. The summed E-state index contributed by atoms with van der Waals surface area (Å²) in [5, 5.41) is 28.5. The molecule has 5 aromatic rings. The Morgan fingerprint density at radius 3 is 2.67 bits per heavy atom. The molecule has 0 aliphatic rings. The van der Waals surface area contributed by atoms with Gasteiger partial charge in [0, 0.05) is 27.4 Å². The van der Waals surface area contributed by atoms with E-state index in [-0.39, 0.29) is 5.92 Å². The predicted molar refractivity (Wildman–Crippen MR) is 133 cm³/mol. The molecule has 5 rings (SSSR count). The van der Waals surface area contributed by atoms with Crippen LogP contribution in [0, 0.1) is 0 Å². The van der Waals surface area contributed by atoms with Crippen LogP contribution in [0.2, 0.25) is 0 Å². The zero-order chi connectivity index (χ0) is 22.8. The minimum Gasteiger partial charge on any atom is -0.423 e. The Labute approximate surface area is 195 Å². The minimum absolute atomic E-state index is 0.0337. The maximum atomic E-state index is 9.27. The summed E-state index contributed by atoms with van der Waals surface area (Å²) in [6, 6.07) is 26.0. The molecular formula is C25H22BN3O3S. The molecule has 33 heavy (non-hydrogen) atoms. The Morgan fingerprint density at radius 2 is 1.82 bits per heavy atom. The van der Waals surface area contributed by atoms with Crippen molar-refractivity contribution >= 4 is 39.7 Å².